The first-order valence-electron chi connectivity index (χ1n) is 5.48. The first-order chi connectivity index (χ1) is 8.02. The topological polar surface area (TPSA) is 61.4 Å². The van der Waals surface area contributed by atoms with E-state index in [1.165, 1.54) is 0 Å². The lowest BCUT2D eigenvalue weighted by atomic mass is 9.97. The van der Waals surface area contributed by atoms with Crippen molar-refractivity contribution >= 4 is 28.5 Å². The highest BCUT2D eigenvalue weighted by Crippen LogP contribution is 2.17. The molecule has 1 saturated heterocycles. The average molecular weight is 346 g/mol. The van der Waals surface area contributed by atoms with Gasteiger partial charge < -0.3 is 15.7 Å². The number of carbonyl (C=O) groups excluding carboxylic acids is 1. The molecule has 1 heterocycles. The molecule has 2 rings (SSSR count). The van der Waals surface area contributed by atoms with Gasteiger partial charge in [-0.05, 0) is 41.1 Å². The van der Waals surface area contributed by atoms with Crippen molar-refractivity contribution in [3.05, 3.63) is 32.9 Å². The van der Waals surface area contributed by atoms with Gasteiger partial charge in [-0.2, -0.15) is 0 Å². The predicted molar refractivity (Wildman–Crippen MR) is 74.0 cm³/mol. The summed E-state index contributed by atoms with van der Waals surface area (Å²) in [5.74, 6) is -0.126. The molecular formula is C12H15IN2O2. The van der Waals surface area contributed by atoms with Crippen LogP contribution in [0.2, 0.25) is 0 Å². The largest absolute Gasteiger partial charge is 0.385 e. The number of aryl methyl sites for hydroxylation is 1. The van der Waals surface area contributed by atoms with Crippen LogP contribution >= 0.6 is 22.6 Å². The molecule has 1 aliphatic heterocycles. The Morgan fingerprint density at radius 1 is 1.59 bits per heavy atom. The molecular weight excluding hydrogens is 331 g/mol. The normalized spacial score (nSPS) is 17.4. The fourth-order valence-corrected chi connectivity index (χ4v) is 2.31. The number of aliphatic hydroxyl groups is 1. The van der Waals surface area contributed by atoms with Crippen LogP contribution in [0.1, 0.15) is 15.9 Å². The number of carbonyl (C=O) groups is 1. The molecule has 0 aromatic heterocycles. The molecule has 4 nitrogen and oxygen atoms in total. The van der Waals surface area contributed by atoms with Crippen molar-refractivity contribution in [3.8, 4) is 0 Å². The number of benzene rings is 1. The zero-order valence-electron chi connectivity index (χ0n) is 9.59. The second-order valence-electron chi connectivity index (χ2n) is 4.45. The van der Waals surface area contributed by atoms with Crippen LogP contribution in [0.25, 0.3) is 0 Å². The van der Waals surface area contributed by atoms with Crippen molar-refractivity contribution in [2.45, 2.75) is 12.5 Å². The Morgan fingerprint density at radius 2 is 2.29 bits per heavy atom. The third kappa shape index (κ3) is 2.78. The lowest BCUT2D eigenvalue weighted by molar-refractivity contribution is -0.00760. The van der Waals surface area contributed by atoms with E-state index < -0.39 is 5.60 Å². The minimum Gasteiger partial charge on any atom is -0.385 e. The second kappa shape index (κ2) is 4.91. The predicted octanol–water partition coefficient (Wildman–Crippen LogP) is 0.664. The zero-order chi connectivity index (χ0) is 12.5. The van der Waals surface area contributed by atoms with Gasteiger partial charge in [0.15, 0.2) is 0 Å². The molecule has 0 spiro atoms. The van der Waals surface area contributed by atoms with Gasteiger partial charge in [-0.15, -0.1) is 0 Å². The van der Waals surface area contributed by atoms with Crippen LogP contribution in [-0.4, -0.2) is 36.2 Å². The molecule has 17 heavy (non-hydrogen) atoms. The van der Waals surface area contributed by atoms with Crippen LogP contribution < -0.4 is 10.6 Å². The molecule has 3 N–H and O–H groups in total. The number of halogens is 1. The smallest absolute Gasteiger partial charge is 0.252 e. The lowest BCUT2D eigenvalue weighted by Crippen LogP contribution is -2.64. The molecule has 0 aliphatic carbocycles. The van der Waals surface area contributed by atoms with Gasteiger partial charge in [0.1, 0.15) is 5.60 Å². The summed E-state index contributed by atoms with van der Waals surface area (Å²) in [6, 6.07) is 5.64. The molecule has 0 bridgehead atoms. The summed E-state index contributed by atoms with van der Waals surface area (Å²) in [6.07, 6.45) is 0. The molecule has 0 radical (unpaired) electrons. The molecule has 1 fully saturated rings. The number of β-amino-alcohol motifs (C(OH)–C–C–N with tert-alkyl or cyclic N) is 1. The average Bonchev–Trinajstić information content (AvgIpc) is 2.27. The maximum atomic E-state index is 12.0. The molecule has 1 aromatic rings. The van der Waals surface area contributed by atoms with Gasteiger partial charge in [0, 0.05) is 23.2 Å². The van der Waals surface area contributed by atoms with Crippen LogP contribution in [0.3, 0.4) is 0 Å². The third-order valence-corrected chi connectivity index (χ3v) is 4.35. The number of hydrogen-bond donors (Lipinski definition) is 3. The standard InChI is InChI=1S/C12H15IN2O2/c1-8-3-2-4-9(10(8)13)11(16)15-7-12(17)5-14-6-12/h2-4,14,17H,5-7H2,1H3,(H,15,16). The number of amides is 1. The summed E-state index contributed by atoms with van der Waals surface area (Å²) < 4.78 is 0.960. The quantitative estimate of drug-likeness (QED) is 0.705. The van der Waals surface area contributed by atoms with E-state index in [4.69, 9.17) is 0 Å². The van der Waals surface area contributed by atoms with Gasteiger partial charge >= 0.3 is 0 Å². The van der Waals surface area contributed by atoms with Crippen LogP contribution in [0, 0.1) is 10.5 Å². The Morgan fingerprint density at radius 3 is 2.88 bits per heavy atom. The van der Waals surface area contributed by atoms with Crippen molar-refractivity contribution < 1.29 is 9.90 Å². The van der Waals surface area contributed by atoms with E-state index in [1.807, 2.05) is 19.1 Å². The van der Waals surface area contributed by atoms with Gasteiger partial charge in [-0.25, -0.2) is 0 Å². The summed E-state index contributed by atoms with van der Waals surface area (Å²) in [5, 5.41) is 15.6. The zero-order valence-corrected chi connectivity index (χ0v) is 11.7. The monoisotopic (exact) mass is 346 g/mol. The molecule has 1 aromatic carbocycles. The second-order valence-corrected chi connectivity index (χ2v) is 5.53. The van der Waals surface area contributed by atoms with E-state index in [9.17, 15) is 9.90 Å². The first kappa shape index (κ1) is 12.8. The molecule has 5 heteroatoms. The highest BCUT2D eigenvalue weighted by atomic mass is 127. The number of nitrogens with one attached hydrogen (secondary N) is 2. The Bertz CT molecular complexity index is 444. The Hall–Kier alpha value is -0.660. The fraction of sp³-hybridized carbons (Fsp3) is 0.417. The Labute approximate surface area is 114 Å². The van der Waals surface area contributed by atoms with Gasteiger partial charge in [-0.3, -0.25) is 4.79 Å². The maximum Gasteiger partial charge on any atom is 0.252 e. The molecule has 1 amide bonds. The molecule has 0 saturated carbocycles. The van der Waals surface area contributed by atoms with Crippen molar-refractivity contribution in [1.29, 1.82) is 0 Å². The van der Waals surface area contributed by atoms with Crippen molar-refractivity contribution in [2.75, 3.05) is 19.6 Å². The minimum absolute atomic E-state index is 0.126. The van der Waals surface area contributed by atoms with Gasteiger partial charge in [0.05, 0.1) is 5.56 Å². The summed E-state index contributed by atoms with van der Waals surface area (Å²) in [5.41, 5.74) is 0.981. The van der Waals surface area contributed by atoms with Crippen molar-refractivity contribution in [3.63, 3.8) is 0 Å². The number of hydrogen-bond acceptors (Lipinski definition) is 3. The van der Waals surface area contributed by atoms with Gasteiger partial charge in [0.2, 0.25) is 0 Å². The highest BCUT2D eigenvalue weighted by molar-refractivity contribution is 14.1. The first-order valence-corrected chi connectivity index (χ1v) is 6.56. The van der Waals surface area contributed by atoms with Gasteiger partial charge in [0.25, 0.3) is 5.91 Å². The van der Waals surface area contributed by atoms with Gasteiger partial charge in [-0.1, -0.05) is 12.1 Å². The van der Waals surface area contributed by atoms with Crippen molar-refractivity contribution in [2.24, 2.45) is 0 Å². The number of rotatable bonds is 3. The Kier molecular flexibility index (Phi) is 3.70. The van der Waals surface area contributed by atoms with Crippen LogP contribution in [0.5, 0.6) is 0 Å². The molecule has 0 unspecified atom stereocenters. The highest BCUT2D eigenvalue weighted by Gasteiger charge is 2.34. The van der Waals surface area contributed by atoms with E-state index in [0.717, 1.165) is 9.13 Å². The summed E-state index contributed by atoms with van der Waals surface area (Å²) in [4.78, 5) is 12.0. The molecule has 92 valence electrons. The van der Waals surface area contributed by atoms with Crippen molar-refractivity contribution in [1.82, 2.24) is 10.6 Å². The van der Waals surface area contributed by atoms with Crippen LogP contribution in [0.4, 0.5) is 0 Å². The van der Waals surface area contributed by atoms with Crippen LogP contribution in [0.15, 0.2) is 18.2 Å². The lowest BCUT2D eigenvalue weighted by Gasteiger charge is -2.37. The summed E-state index contributed by atoms with van der Waals surface area (Å²) >= 11 is 2.17. The molecule has 0 atom stereocenters. The van der Waals surface area contributed by atoms with E-state index in [1.54, 1.807) is 6.07 Å². The minimum atomic E-state index is -0.773. The summed E-state index contributed by atoms with van der Waals surface area (Å²) in [7, 11) is 0. The fourth-order valence-electron chi connectivity index (χ4n) is 1.70. The van der Waals surface area contributed by atoms with Crippen LogP contribution in [-0.2, 0) is 0 Å². The van der Waals surface area contributed by atoms with E-state index >= 15 is 0 Å². The SMILES string of the molecule is Cc1cccc(C(=O)NCC2(O)CNC2)c1I. The summed E-state index contributed by atoms with van der Waals surface area (Å²) in [6.45, 7) is 3.35. The Balaban J connectivity index is 2.02. The third-order valence-electron chi connectivity index (χ3n) is 2.92. The maximum absolute atomic E-state index is 12.0. The van der Waals surface area contributed by atoms with E-state index in [2.05, 4.69) is 33.2 Å². The van der Waals surface area contributed by atoms with E-state index in [0.29, 0.717) is 25.2 Å². The van der Waals surface area contributed by atoms with E-state index in [-0.39, 0.29) is 5.91 Å². The molecule has 1 aliphatic rings.